The van der Waals surface area contributed by atoms with E-state index in [0.29, 0.717) is 23.5 Å². The highest BCUT2D eigenvalue weighted by molar-refractivity contribution is 6.04. The Labute approximate surface area is 182 Å². The summed E-state index contributed by atoms with van der Waals surface area (Å²) < 4.78 is 5.79. The first-order valence-electron chi connectivity index (χ1n) is 10.5. The molecule has 31 heavy (non-hydrogen) atoms. The lowest BCUT2D eigenvalue weighted by Crippen LogP contribution is -2.20. The molecule has 1 amide bonds. The zero-order chi connectivity index (χ0) is 21.5. The fourth-order valence-corrected chi connectivity index (χ4v) is 3.75. The van der Waals surface area contributed by atoms with E-state index in [1.807, 2.05) is 42.5 Å². The fraction of sp³-hybridized carbons (Fsp3) is 0.231. The summed E-state index contributed by atoms with van der Waals surface area (Å²) in [6.07, 6.45) is 2.48. The Balaban J connectivity index is 1.40. The van der Waals surface area contributed by atoms with Gasteiger partial charge >= 0.3 is 0 Å². The molecule has 0 unspecified atom stereocenters. The molecule has 5 nitrogen and oxygen atoms in total. The number of hydrogen-bond donors (Lipinski definition) is 1. The van der Waals surface area contributed by atoms with Gasteiger partial charge in [-0.3, -0.25) is 9.69 Å². The molecule has 0 aliphatic carbocycles. The van der Waals surface area contributed by atoms with Crippen LogP contribution in [0.5, 0.6) is 5.75 Å². The lowest BCUT2D eigenvalue weighted by atomic mass is 10.1. The van der Waals surface area contributed by atoms with E-state index >= 15 is 0 Å². The molecule has 0 bridgehead atoms. The van der Waals surface area contributed by atoms with Gasteiger partial charge in [0.25, 0.3) is 5.91 Å². The Morgan fingerprint density at radius 2 is 1.77 bits per heavy atom. The van der Waals surface area contributed by atoms with Crippen molar-refractivity contribution in [3.8, 4) is 11.8 Å². The number of nitrogens with one attached hydrogen (secondary N) is 1. The second-order valence-electron chi connectivity index (χ2n) is 7.72. The minimum Gasteiger partial charge on any atom is -0.489 e. The number of benzene rings is 3. The van der Waals surface area contributed by atoms with Crippen molar-refractivity contribution in [2.75, 3.05) is 18.4 Å². The van der Waals surface area contributed by atoms with Gasteiger partial charge in [-0.1, -0.05) is 30.3 Å². The molecule has 5 heteroatoms. The van der Waals surface area contributed by atoms with Gasteiger partial charge in [-0.15, -0.1) is 0 Å². The van der Waals surface area contributed by atoms with Gasteiger partial charge in [0.2, 0.25) is 0 Å². The van der Waals surface area contributed by atoms with Crippen LogP contribution in [0, 0.1) is 11.3 Å². The van der Waals surface area contributed by atoms with Crippen LogP contribution in [-0.4, -0.2) is 23.9 Å². The average Bonchev–Trinajstić information content (AvgIpc) is 3.32. The van der Waals surface area contributed by atoms with E-state index in [1.54, 1.807) is 24.3 Å². The van der Waals surface area contributed by atoms with Crippen molar-refractivity contribution in [2.45, 2.75) is 26.0 Å². The van der Waals surface area contributed by atoms with E-state index in [-0.39, 0.29) is 5.91 Å². The summed E-state index contributed by atoms with van der Waals surface area (Å²) in [5.74, 6) is 0.554. The molecule has 3 aromatic rings. The molecule has 156 valence electrons. The molecule has 0 aromatic heterocycles. The number of carbonyl (C=O) groups excluding carboxylic acids is 1. The van der Waals surface area contributed by atoms with Crippen molar-refractivity contribution in [3.63, 3.8) is 0 Å². The number of likely N-dealkylation sites (tertiary alicyclic amines) is 1. The van der Waals surface area contributed by atoms with Gasteiger partial charge in [-0.25, -0.2) is 0 Å². The van der Waals surface area contributed by atoms with Crippen LogP contribution < -0.4 is 10.1 Å². The highest BCUT2D eigenvalue weighted by Crippen LogP contribution is 2.21. The highest BCUT2D eigenvalue weighted by Gasteiger charge is 2.15. The van der Waals surface area contributed by atoms with Crippen molar-refractivity contribution < 1.29 is 9.53 Å². The molecule has 3 aromatic carbocycles. The van der Waals surface area contributed by atoms with E-state index < -0.39 is 0 Å². The summed E-state index contributed by atoms with van der Waals surface area (Å²) in [6.45, 7) is 3.43. The van der Waals surface area contributed by atoms with Crippen molar-refractivity contribution in [1.29, 1.82) is 5.26 Å². The Kier molecular flexibility index (Phi) is 6.61. The number of nitriles is 1. The first kappa shape index (κ1) is 20.6. The molecule has 0 radical (unpaired) electrons. The van der Waals surface area contributed by atoms with Crippen LogP contribution in [0.2, 0.25) is 0 Å². The Morgan fingerprint density at radius 3 is 2.55 bits per heavy atom. The lowest BCUT2D eigenvalue weighted by molar-refractivity contribution is 0.102. The molecular formula is C26H25N3O2. The van der Waals surface area contributed by atoms with E-state index in [2.05, 4.69) is 22.4 Å². The monoisotopic (exact) mass is 411 g/mol. The Bertz CT molecular complexity index is 1080. The number of amides is 1. The first-order valence-corrected chi connectivity index (χ1v) is 10.5. The van der Waals surface area contributed by atoms with Crippen LogP contribution >= 0.6 is 0 Å². The standard InChI is InChI=1S/C26H25N3O2/c27-17-20-10-12-24(13-11-20)31-19-21-6-5-8-22(16-21)26(30)28-25-9-2-1-7-23(25)18-29-14-3-4-15-29/h1-2,5-13,16H,3-4,14-15,18-19H2,(H,28,30). The third kappa shape index (κ3) is 5.50. The highest BCUT2D eigenvalue weighted by atomic mass is 16.5. The first-order chi connectivity index (χ1) is 15.2. The molecule has 1 N–H and O–H groups in total. The summed E-state index contributed by atoms with van der Waals surface area (Å²) in [5, 5.41) is 12.0. The molecule has 4 rings (SSSR count). The molecule has 1 saturated heterocycles. The van der Waals surface area contributed by atoms with Gasteiger partial charge < -0.3 is 10.1 Å². The van der Waals surface area contributed by atoms with E-state index in [9.17, 15) is 4.79 Å². The number of carbonyl (C=O) groups is 1. The molecule has 1 fully saturated rings. The molecule has 1 aliphatic heterocycles. The lowest BCUT2D eigenvalue weighted by Gasteiger charge is -2.18. The predicted octanol–water partition coefficient (Wildman–Crippen LogP) is 4.99. The quantitative estimate of drug-likeness (QED) is 0.595. The molecule has 0 atom stereocenters. The zero-order valence-electron chi connectivity index (χ0n) is 17.4. The number of nitrogens with zero attached hydrogens (tertiary/aromatic N) is 2. The SMILES string of the molecule is N#Cc1ccc(OCc2cccc(C(=O)Nc3ccccc3CN3CCCC3)c2)cc1. The van der Waals surface area contributed by atoms with Crippen LogP contribution in [0.1, 0.15) is 39.9 Å². The maximum Gasteiger partial charge on any atom is 0.255 e. The van der Waals surface area contributed by atoms with E-state index in [4.69, 9.17) is 10.00 Å². The van der Waals surface area contributed by atoms with E-state index in [0.717, 1.165) is 36.4 Å². The summed E-state index contributed by atoms with van der Waals surface area (Å²) in [7, 11) is 0. The van der Waals surface area contributed by atoms with Crippen molar-refractivity contribution in [1.82, 2.24) is 4.90 Å². The van der Waals surface area contributed by atoms with Crippen molar-refractivity contribution >= 4 is 11.6 Å². The fourth-order valence-electron chi connectivity index (χ4n) is 3.75. The molecule has 1 heterocycles. The molecular weight excluding hydrogens is 386 g/mol. The average molecular weight is 412 g/mol. The van der Waals surface area contributed by atoms with Crippen molar-refractivity contribution in [2.24, 2.45) is 0 Å². The minimum absolute atomic E-state index is 0.130. The summed E-state index contributed by atoms with van der Waals surface area (Å²) in [4.78, 5) is 15.3. The second-order valence-corrected chi connectivity index (χ2v) is 7.72. The number of para-hydroxylation sites is 1. The molecule has 1 aliphatic rings. The number of rotatable bonds is 7. The molecule has 0 saturated carbocycles. The minimum atomic E-state index is -0.130. The zero-order valence-corrected chi connectivity index (χ0v) is 17.4. The van der Waals surface area contributed by atoms with Gasteiger partial charge in [0.1, 0.15) is 12.4 Å². The van der Waals surface area contributed by atoms with Crippen LogP contribution in [0.15, 0.2) is 72.8 Å². The normalized spacial score (nSPS) is 13.5. The van der Waals surface area contributed by atoms with Gasteiger partial charge in [-0.2, -0.15) is 5.26 Å². The number of anilines is 1. The van der Waals surface area contributed by atoms with Crippen LogP contribution in [0.25, 0.3) is 0 Å². The van der Waals surface area contributed by atoms with Crippen molar-refractivity contribution in [3.05, 3.63) is 95.1 Å². The topological polar surface area (TPSA) is 65.4 Å². The van der Waals surface area contributed by atoms with Gasteiger partial charge in [0.15, 0.2) is 0 Å². The summed E-state index contributed by atoms with van der Waals surface area (Å²) in [5.41, 5.74) is 4.09. The Morgan fingerprint density at radius 1 is 1.00 bits per heavy atom. The van der Waals surface area contributed by atoms with Crippen LogP contribution in [-0.2, 0) is 13.2 Å². The Hall–Kier alpha value is -3.62. The smallest absolute Gasteiger partial charge is 0.255 e. The van der Waals surface area contributed by atoms with Crippen LogP contribution in [0.4, 0.5) is 5.69 Å². The van der Waals surface area contributed by atoms with Gasteiger partial charge in [0.05, 0.1) is 11.6 Å². The largest absolute Gasteiger partial charge is 0.489 e. The summed E-state index contributed by atoms with van der Waals surface area (Å²) in [6, 6.07) is 24.5. The van der Waals surface area contributed by atoms with E-state index in [1.165, 1.54) is 12.8 Å². The summed E-state index contributed by atoms with van der Waals surface area (Å²) >= 11 is 0. The van der Waals surface area contributed by atoms with Gasteiger partial charge in [0, 0.05) is 17.8 Å². The number of hydrogen-bond acceptors (Lipinski definition) is 4. The third-order valence-electron chi connectivity index (χ3n) is 5.44. The van der Waals surface area contributed by atoms with Gasteiger partial charge in [-0.05, 0) is 79.5 Å². The second kappa shape index (κ2) is 9.92. The maximum absolute atomic E-state index is 12.9. The number of ether oxygens (including phenoxy) is 1. The predicted molar refractivity (Wildman–Crippen MR) is 121 cm³/mol. The third-order valence-corrected chi connectivity index (χ3v) is 5.44. The van der Waals surface area contributed by atoms with Crippen LogP contribution in [0.3, 0.4) is 0 Å². The maximum atomic E-state index is 12.9. The molecule has 0 spiro atoms.